The molecule has 1 heterocycles. The molecule has 0 atom stereocenters. The van der Waals surface area contributed by atoms with E-state index in [-0.39, 0.29) is 12.0 Å². The van der Waals surface area contributed by atoms with Gasteiger partial charge in [-0.05, 0) is 13.8 Å². The Morgan fingerprint density at radius 1 is 1.60 bits per heavy atom. The SMILES string of the molecule is CC(=O)Nc1cc(N)c(OC(C)C)cn1. The van der Waals surface area contributed by atoms with E-state index in [1.165, 1.54) is 13.1 Å². The molecule has 0 spiro atoms. The van der Waals surface area contributed by atoms with E-state index in [2.05, 4.69) is 10.3 Å². The minimum atomic E-state index is -0.181. The van der Waals surface area contributed by atoms with E-state index in [0.717, 1.165) is 0 Å². The van der Waals surface area contributed by atoms with Gasteiger partial charge in [0.1, 0.15) is 5.82 Å². The molecule has 0 radical (unpaired) electrons. The number of pyridine rings is 1. The number of carbonyl (C=O) groups excluding carboxylic acids is 1. The van der Waals surface area contributed by atoms with Gasteiger partial charge in [0, 0.05) is 13.0 Å². The maximum Gasteiger partial charge on any atom is 0.222 e. The van der Waals surface area contributed by atoms with Crippen molar-refractivity contribution in [2.45, 2.75) is 26.9 Å². The normalized spacial score (nSPS) is 10.1. The Balaban J connectivity index is 2.83. The van der Waals surface area contributed by atoms with Crippen molar-refractivity contribution in [1.82, 2.24) is 4.98 Å². The van der Waals surface area contributed by atoms with Crippen LogP contribution in [0.2, 0.25) is 0 Å². The Hall–Kier alpha value is -1.78. The molecule has 0 aliphatic heterocycles. The van der Waals surface area contributed by atoms with Gasteiger partial charge in [0.05, 0.1) is 18.0 Å². The number of nitrogens with two attached hydrogens (primary N) is 1. The first-order valence-electron chi connectivity index (χ1n) is 4.69. The van der Waals surface area contributed by atoms with Gasteiger partial charge in [-0.3, -0.25) is 4.79 Å². The third-order valence-corrected chi connectivity index (χ3v) is 1.56. The van der Waals surface area contributed by atoms with Gasteiger partial charge in [-0.25, -0.2) is 4.98 Å². The Morgan fingerprint density at radius 3 is 2.73 bits per heavy atom. The lowest BCUT2D eigenvalue weighted by Crippen LogP contribution is -2.10. The van der Waals surface area contributed by atoms with Crippen LogP contribution in [0.5, 0.6) is 5.75 Å². The van der Waals surface area contributed by atoms with Crippen LogP contribution in [0.25, 0.3) is 0 Å². The Labute approximate surface area is 88.6 Å². The molecule has 15 heavy (non-hydrogen) atoms. The number of ether oxygens (including phenoxy) is 1. The van der Waals surface area contributed by atoms with Gasteiger partial charge >= 0.3 is 0 Å². The van der Waals surface area contributed by atoms with Gasteiger partial charge in [0.2, 0.25) is 5.91 Å². The van der Waals surface area contributed by atoms with Crippen molar-refractivity contribution in [3.63, 3.8) is 0 Å². The summed E-state index contributed by atoms with van der Waals surface area (Å²) < 4.78 is 5.40. The van der Waals surface area contributed by atoms with Crippen molar-refractivity contribution in [3.8, 4) is 5.75 Å². The molecule has 0 aliphatic carbocycles. The fraction of sp³-hybridized carbons (Fsp3) is 0.400. The van der Waals surface area contributed by atoms with E-state index >= 15 is 0 Å². The minimum absolute atomic E-state index is 0.0423. The Morgan fingerprint density at radius 2 is 2.27 bits per heavy atom. The maximum absolute atomic E-state index is 10.8. The zero-order chi connectivity index (χ0) is 11.4. The van der Waals surface area contributed by atoms with Gasteiger partial charge in [-0.1, -0.05) is 0 Å². The summed E-state index contributed by atoms with van der Waals surface area (Å²) in [4.78, 5) is 14.8. The number of amides is 1. The zero-order valence-corrected chi connectivity index (χ0v) is 9.07. The summed E-state index contributed by atoms with van der Waals surface area (Å²) in [6.07, 6.45) is 1.54. The van der Waals surface area contributed by atoms with Crippen LogP contribution in [0, 0.1) is 0 Å². The molecule has 82 valence electrons. The van der Waals surface area contributed by atoms with Crippen LogP contribution < -0.4 is 15.8 Å². The average molecular weight is 209 g/mol. The van der Waals surface area contributed by atoms with E-state index in [1.54, 1.807) is 6.07 Å². The molecule has 0 aliphatic rings. The lowest BCUT2D eigenvalue weighted by molar-refractivity contribution is -0.114. The highest BCUT2D eigenvalue weighted by molar-refractivity contribution is 5.88. The lowest BCUT2D eigenvalue weighted by atomic mass is 10.3. The van der Waals surface area contributed by atoms with E-state index in [9.17, 15) is 4.79 Å². The topological polar surface area (TPSA) is 77.2 Å². The Kier molecular flexibility index (Phi) is 3.49. The molecule has 0 saturated heterocycles. The molecule has 0 unspecified atom stereocenters. The van der Waals surface area contributed by atoms with Gasteiger partial charge in [0.15, 0.2) is 5.75 Å². The first kappa shape index (κ1) is 11.3. The number of nitrogens with one attached hydrogen (secondary N) is 1. The standard InChI is InChI=1S/C10H15N3O2/c1-6(2)15-9-5-12-10(4-8(9)11)13-7(3)14/h4-6H,1-3H3,(H3,11,12,13,14). The zero-order valence-electron chi connectivity index (χ0n) is 9.07. The van der Waals surface area contributed by atoms with Gasteiger partial charge in [-0.15, -0.1) is 0 Å². The Bertz CT molecular complexity index is 364. The number of anilines is 2. The fourth-order valence-corrected chi connectivity index (χ4v) is 1.06. The van der Waals surface area contributed by atoms with E-state index in [0.29, 0.717) is 17.3 Å². The van der Waals surface area contributed by atoms with Crippen molar-refractivity contribution < 1.29 is 9.53 Å². The molecule has 5 heteroatoms. The van der Waals surface area contributed by atoms with Crippen LogP contribution in [-0.4, -0.2) is 17.0 Å². The molecule has 0 saturated carbocycles. The van der Waals surface area contributed by atoms with Crippen LogP contribution in [-0.2, 0) is 4.79 Å². The first-order valence-corrected chi connectivity index (χ1v) is 4.69. The van der Waals surface area contributed by atoms with Crippen molar-refractivity contribution >= 4 is 17.4 Å². The summed E-state index contributed by atoms with van der Waals surface area (Å²) in [7, 11) is 0. The van der Waals surface area contributed by atoms with Gasteiger partial charge < -0.3 is 15.8 Å². The van der Waals surface area contributed by atoms with Crippen molar-refractivity contribution in [2.24, 2.45) is 0 Å². The summed E-state index contributed by atoms with van der Waals surface area (Å²) in [6.45, 7) is 5.22. The number of nitrogens with zero attached hydrogens (tertiary/aromatic N) is 1. The lowest BCUT2D eigenvalue weighted by Gasteiger charge is -2.12. The number of hydrogen-bond donors (Lipinski definition) is 2. The van der Waals surface area contributed by atoms with E-state index in [4.69, 9.17) is 10.5 Å². The quantitative estimate of drug-likeness (QED) is 0.789. The molecule has 3 N–H and O–H groups in total. The predicted octanol–water partition coefficient (Wildman–Crippen LogP) is 1.41. The third-order valence-electron chi connectivity index (χ3n) is 1.56. The number of carbonyl (C=O) groups is 1. The third kappa shape index (κ3) is 3.46. The van der Waals surface area contributed by atoms with Gasteiger partial charge in [0.25, 0.3) is 0 Å². The summed E-state index contributed by atoms with van der Waals surface area (Å²) in [6, 6.07) is 1.57. The number of hydrogen-bond acceptors (Lipinski definition) is 4. The molecule has 0 aromatic carbocycles. The summed E-state index contributed by atoms with van der Waals surface area (Å²) in [5, 5.41) is 2.54. The minimum Gasteiger partial charge on any atom is -0.487 e. The summed E-state index contributed by atoms with van der Waals surface area (Å²) in [5.41, 5.74) is 6.19. The second kappa shape index (κ2) is 4.63. The van der Waals surface area contributed by atoms with Crippen LogP contribution in [0.1, 0.15) is 20.8 Å². The fourth-order valence-electron chi connectivity index (χ4n) is 1.06. The highest BCUT2D eigenvalue weighted by Gasteiger charge is 2.05. The second-order valence-corrected chi connectivity index (χ2v) is 3.46. The number of rotatable bonds is 3. The molecular weight excluding hydrogens is 194 g/mol. The largest absolute Gasteiger partial charge is 0.487 e. The number of nitrogen functional groups attached to an aromatic ring is 1. The molecule has 1 amide bonds. The second-order valence-electron chi connectivity index (χ2n) is 3.46. The van der Waals surface area contributed by atoms with E-state index in [1.807, 2.05) is 13.8 Å². The van der Waals surface area contributed by atoms with Crippen LogP contribution in [0.4, 0.5) is 11.5 Å². The monoisotopic (exact) mass is 209 g/mol. The highest BCUT2D eigenvalue weighted by atomic mass is 16.5. The molecule has 1 aromatic heterocycles. The van der Waals surface area contributed by atoms with E-state index < -0.39 is 0 Å². The molecular formula is C10H15N3O2. The van der Waals surface area contributed by atoms with Crippen LogP contribution in [0.15, 0.2) is 12.3 Å². The van der Waals surface area contributed by atoms with Crippen molar-refractivity contribution in [1.29, 1.82) is 0 Å². The summed E-state index contributed by atoms with van der Waals surface area (Å²) in [5.74, 6) is 0.773. The molecule has 0 bridgehead atoms. The molecule has 1 rings (SSSR count). The molecule has 0 fully saturated rings. The maximum atomic E-state index is 10.8. The number of aromatic nitrogens is 1. The highest BCUT2D eigenvalue weighted by Crippen LogP contribution is 2.23. The smallest absolute Gasteiger partial charge is 0.222 e. The van der Waals surface area contributed by atoms with Crippen LogP contribution in [0.3, 0.4) is 0 Å². The average Bonchev–Trinajstić information content (AvgIpc) is 2.08. The molecule has 1 aromatic rings. The van der Waals surface area contributed by atoms with Crippen molar-refractivity contribution in [2.75, 3.05) is 11.1 Å². The van der Waals surface area contributed by atoms with Crippen molar-refractivity contribution in [3.05, 3.63) is 12.3 Å². The first-order chi connectivity index (χ1) is 6.99. The molecule has 5 nitrogen and oxygen atoms in total. The van der Waals surface area contributed by atoms with Gasteiger partial charge in [-0.2, -0.15) is 0 Å². The summed E-state index contributed by atoms with van der Waals surface area (Å²) >= 11 is 0. The van der Waals surface area contributed by atoms with Crippen LogP contribution >= 0.6 is 0 Å². The predicted molar refractivity (Wildman–Crippen MR) is 58.7 cm³/mol.